The van der Waals surface area contributed by atoms with E-state index in [2.05, 4.69) is 25.6 Å². The van der Waals surface area contributed by atoms with Crippen molar-refractivity contribution in [2.45, 2.75) is 69.3 Å². The molecule has 0 bridgehead atoms. The SMILES string of the molecule is CCN1C(=O)NC2CS[C@@H](CCCCC(=O)CCCNC(=O)c3ccc(CN=[N+]=[N-])nc3)C21. The molecule has 11 heteroatoms. The van der Waals surface area contributed by atoms with Gasteiger partial charge >= 0.3 is 6.03 Å². The molecule has 178 valence electrons. The molecule has 3 atom stereocenters. The molecule has 10 nitrogen and oxygen atoms in total. The summed E-state index contributed by atoms with van der Waals surface area (Å²) in [4.78, 5) is 45.0. The van der Waals surface area contributed by atoms with Gasteiger partial charge in [0.15, 0.2) is 0 Å². The van der Waals surface area contributed by atoms with Crippen molar-refractivity contribution in [2.75, 3.05) is 18.8 Å². The number of rotatable bonds is 13. The minimum absolute atomic E-state index is 0.0543. The summed E-state index contributed by atoms with van der Waals surface area (Å²) < 4.78 is 0. The van der Waals surface area contributed by atoms with Gasteiger partial charge in [0.05, 0.1) is 24.2 Å². The van der Waals surface area contributed by atoms with Crippen LogP contribution >= 0.6 is 11.8 Å². The minimum Gasteiger partial charge on any atom is -0.352 e. The summed E-state index contributed by atoms with van der Waals surface area (Å²) >= 11 is 1.93. The first kappa shape index (κ1) is 24.9. The van der Waals surface area contributed by atoms with Crippen LogP contribution in [0.5, 0.6) is 0 Å². The molecule has 0 radical (unpaired) electrons. The molecule has 2 unspecified atom stereocenters. The van der Waals surface area contributed by atoms with E-state index < -0.39 is 0 Å². The number of hydrogen-bond acceptors (Lipinski definition) is 6. The molecule has 2 aliphatic rings. The molecule has 1 aromatic rings. The van der Waals surface area contributed by atoms with Crippen molar-refractivity contribution >= 4 is 29.5 Å². The number of carbonyl (C=O) groups excluding carboxylic acids is 3. The number of fused-ring (bicyclic) bond motifs is 1. The molecule has 0 aromatic carbocycles. The molecule has 0 aliphatic carbocycles. The molecular weight excluding hydrogens is 442 g/mol. The molecule has 33 heavy (non-hydrogen) atoms. The maximum atomic E-state index is 12.2. The number of Topliss-reactive ketones (excluding diaryl/α,β-unsaturated/α-hetero) is 1. The minimum atomic E-state index is -0.237. The van der Waals surface area contributed by atoms with Gasteiger partial charge in [-0.05, 0) is 43.9 Å². The zero-order chi connectivity index (χ0) is 23.6. The lowest BCUT2D eigenvalue weighted by Crippen LogP contribution is -2.40. The topological polar surface area (TPSA) is 140 Å². The van der Waals surface area contributed by atoms with Crippen molar-refractivity contribution in [3.63, 3.8) is 0 Å². The van der Waals surface area contributed by atoms with Gasteiger partial charge in [-0.3, -0.25) is 14.6 Å². The molecule has 0 saturated carbocycles. The van der Waals surface area contributed by atoms with Crippen LogP contribution in [0.25, 0.3) is 10.4 Å². The van der Waals surface area contributed by atoms with Gasteiger partial charge in [-0.25, -0.2) is 4.79 Å². The van der Waals surface area contributed by atoms with E-state index in [1.807, 2.05) is 23.6 Å². The molecule has 3 amide bonds. The van der Waals surface area contributed by atoms with E-state index in [0.717, 1.165) is 31.6 Å². The summed E-state index contributed by atoms with van der Waals surface area (Å²) in [6, 6.07) is 3.88. The number of nitrogens with one attached hydrogen (secondary N) is 2. The quantitative estimate of drug-likeness (QED) is 0.148. The predicted octanol–water partition coefficient (Wildman–Crippen LogP) is 3.43. The second-order valence-corrected chi connectivity index (χ2v) is 9.55. The Morgan fingerprint density at radius 1 is 1.33 bits per heavy atom. The number of likely N-dealkylation sites (N-methyl/N-ethyl adjacent to an activating group) is 1. The van der Waals surface area contributed by atoms with Crippen molar-refractivity contribution < 1.29 is 14.4 Å². The van der Waals surface area contributed by atoms with Crippen LogP contribution in [0, 0.1) is 0 Å². The van der Waals surface area contributed by atoms with Crippen LogP contribution < -0.4 is 10.6 Å². The number of carbonyl (C=O) groups is 3. The Morgan fingerprint density at radius 2 is 2.15 bits per heavy atom. The van der Waals surface area contributed by atoms with Crippen LogP contribution in [0.4, 0.5) is 4.79 Å². The second kappa shape index (κ2) is 12.5. The number of pyridine rings is 1. The van der Waals surface area contributed by atoms with E-state index >= 15 is 0 Å². The fourth-order valence-electron chi connectivity index (χ4n) is 4.35. The van der Waals surface area contributed by atoms with E-state index in [0.29, 0.717) is 42.3 Å². The first-order valence-electron chi connectivity index (χ1n) is 11.5. The lowest BCUT2D eigenvalue weighted by molar-refractivity contribution is -0.119. The summed E-state index contributed by atoms with van der Waals surface area (Å²) in [5.41, 5.74) is 9.34. The molecule has 0 spiro atoms. The van der Waals surface area contributed by atoms with Crippen molar-refractivity contribution in [3.05, 3.63) is 40.0 Å². The molecular formula is C22H31N7O3S. The van der Waals surface area contributed by atoms with Gasteiger partial charge < -0.3 is 15.5 Å². The zero-order valence-electron chi connectivity index (χ0n) is 18.9. The van der Waals surface area contributed by atoms with Crippen molar-refractivity contribution in [2.24, 2.45) is 5.11 Å². The van der Waals surface area contributed by atoms with Gasteiger partial charge in [0.25, 0.3) is 5.91 Å². The Bertz CT molecular complexity index is 888. The number of amides is 3. The molecule has 2 fully saturated rings. The molecule has 3 heterocycles. The first-order chi connectivity index (χ1) is 16.0. The van der Waals surface area contributed by atoms with Gasteiger partial charge in [0, 0.05) is 53.7 Å². The highest BCUT2D eigenvalue weighted by atomic mass is 32.2. The largest absolute Gasteiger partial charge is 0.352 e. The number of unbranched alkanes of at least 4 members (excludes halogenated alkanes) is 1. The molecule has 2 saturated heterocycles. The number of azide groups is 1. The van der Waals surface area contributed by atoms with Gasteiger partial charge in [-0.2, -0.15) is 11.8 Å². The third-order valence-electron chi connectivity index (χ3n) is 6.05. The van der Waals surface area contributed by atoms with Crippen LogP contribution in [0.15, 0.2) is 23.4 Å². The predicted molar refractivity (Wildman–Crippen MR) is 127 cm³/mol. The average Bonchev–Trinajstić information content (AvgIpc) is 3.35. The summed E-state index contributed by atoms with van der Waals surface area (Å²) in [6.45, 7) is 3.33. The lowest BCUT2D eigenvalue weighted by atomic mass is 10.0. The van der Waals surface area contributed by atoms with E-state index in [1.54, 1.807) is 12.1 Å². The van der Waals surface area contributed by atoms with Gasteiger partial charge in [-0.1, -0.05) is 11.5 Å². The van der Waals surface area contributed by atoms with Crippen molar-refractivity contribution in [1.29, 1.82) is 0 Å². The Kier molecular flexibility index (Phi) is 9.38. The Balaban J connectivity index is 1.26. The smallest absolute Gasteiger partial charge is 0.318 e. The molecule has 2 N–H and O–H groups in total. The number of aromatic nitrogens is 1. The fraction of sp³-hybridized carbons (Fsp3) is 0.636. The van der Waals surface area contributed by atoms with Crippen LogP contribution in [0.3, 0.4) is 0 Å². The Hall–Kier alpha value is -2.78. The van der Waals surface area contributed by atoms with Gasteiger partial charge in [0.2, 0.25) is 0 Å². The first-order valence-corrected chi connectivity index (χ1v) is 12.5. The Morgan fingerprint density at radius 3 is 2.88 bits per heavy atom. The molecule has 1 aromatic heterocycles. The number of ketones is 1. The highest BCUT2D eigenvalue weighted by Crippen LogP contribution is 2.37. The third kappa shape index (κ3) is 6.85. The van der Waals surface area contributed by atoms with Gasteiger partial charge in [0.1, 0.15) is 5.78 Å². The molecule has 3 rings (SSSR count). The normalized spacial score (nSPS) is 21.3. The summed E-state index contributed by atoms with van der Waals surface area (Å²) in [7, 11) is 0. The van der Waals surface area contributed by atoms with E-state index in [4.69, 9.17) is 5.53 Å². The molecule has 2 aliphatic heterocycles. The highest BCUT2D eigenvalue weighted by Gasteiger charge is 2.47. The number of hydrogen-bond donors (Lipinski definition) is 2. The second-order valence-electron chi connectivity index (χ2n) is 8.28. The Labute approximate surface area is 197 Å². The van der Waals surface area contributed by atoms with E-state index in [1.165, 1.54) is 6.20 Å². The monoisotopic (exact) mass is 473 g/mol. The van der Waals surface area contributed by atoms with E-state index in [9.17, 15) is 14.4 Å². The maximum Gasteiger partial charge on any atom is 0.318 e. The average molecular weight is 474 g/mol. The summed E-state index contributed by atoms with van der Waals surface area (Å²) in [5.74, 6) is 0.954. The van der Waals surface area contributed by atoms with Crippen LogP contribution in [0.2, 0.25) is 0 Å². The van der Waals surface area contributed by atoms with Crippen molar-refractivity contribution in [3.8, 4) is 0 Å². The van der Waals surface area contributed by atoms with Crippen LogP contribution in [-0.2, 0) is 11.3 Å². The van der Waals surface area contributed by atoms with Crippen LogP contribution in [-0.4, -0.2) is 63.8 Å². The highest BCUT2D eigenvalue weighted by molar-refractivity contribution is 8.00. The van der Waals surface area contributed by atoms with Crippen molar-refractivity contribution in [1.82, 2.24) is 20.5 Å². The zero-order valence-corrected chi connectivity index (χ0v) is 19.7. The summed E-state index contributed by atoms with van der Waals surface area (Å²) in [5, 5.41) is 9.75. The fourth-order valence-corrected chi connectivity index (χ4v) is 5.95. The lowest BCUT2D eigenvalue weighted by Gasteiger charge is -2.26. The number of nitrogens with zero attached hydrogens (tertiary/aromatic N) is 5. The number of urea groups is 1. The van der Waals surface area contributed by atoms with E-state index in [-0.39, 0.29) is 36.3 Å². The standard InChI is InChI=1S/C22H31N7O3S/c1-2-29-20-18(27-22(29)32)14-33-19(20)8-4-3-6-17(30)7-5-11-24-21(31)15-9-10-16(25-12-15)13-26-28-23/h9-10,12,18-20H,2-8,11,13-14H2,1H3,(H,24,31)(H,27,32)/t18?,19-,20?/m0/s1. The van der Waals surface area contributed by atoms with Crippen LogP contribution in [0.1, 0.15) is 61.5 Å². The van der Waals surface area contributed by atoms with Gasteiger partial charge in [-0.15, -0.1) is 0 Å². The third-order valence-corrected chi connectivity index (χ3v) is 7.54. The number of thioether (sulfide) groups is 1. The summed E-state index contributed by atoms with van der Waals surface area (Å²) in [6.07, 6.45) is 5.94. The maximum absolute atomic E-state index is 12.2.